The highest BCUT2D eigenvalue weighted by Gasteiger charge is 2.61. The number of hydrogen-bond donors (Lipinski definition) is 0. The molecule has 0 aliphatic heterocycles. The van der Waals surface area contributed by atoms with Gasteiger partial charge in [-0.3, -0.25) is 0 Å². The molecular weight excluding hydrogens is 853 g/mol. The fraction of sp³-hybridized carbons (Fsp3) is 0.156. The molecule has 5 aliphatic rings. The molecule has 4 saturated carbocycles. The predicted molar refractivity (Wildman–Crippen MR) is 280 cm³/mol. The van der Waals surface area contributed by atoms with Crippen LogP contribution in [0.4, 0.5) is 0 Å². The van der Waals surface area contributed by atoms with Crippen LogP contribution in [0, 0.1) is 23.7 Å². The number of fused-ring (bicyclic) bond motifs is 3. The Hall–Kier alpha value is -8.22. The van der Waals surface area contributed by atoms with Gasteiger partial charge in [0.25, 0.3) is 0 Å². The molecule has 1 spiro atoms. The summed E-state index contributed by atoms with van der Waals surface area (Å²) in [6, 6.07) is 73.1. The third-order valence-electron chi connectivity index (χ3n) is 16.0. The molecule has 2 aromatic heterocycles. The third kappa shape index (κ3) is 6.76. The van der Waals surface area contributed by atoms with Gasteiger partial charge in [0, 0.05) is 38.8 Å². The molecule has 6 nitrogen and oxygen atoms in total. The van der Waals surface area contributed by atoms with Crippen LogP contribution in [0.25, 0.3) is 102 Å². The van der Waals surface area contributed by atoms with Crippen molar-refractivity contribution in [1.29, 1.82) is 0 Å². The Labute approximate surface area is 408 Å². The van der Waals surface area contributed by atoms with Crippen molar-refractivity contribution in [1.82, 2.24) is 29.9 Å². The second-order valence-electron chi connectivity index (χ2n) is 19.9. The van der Waals surface area contributed by atoms with E-state index in [0.717, 1.165) is 45.2 Å². The minimum absolute atomic E-state index is 0.0363. The smallest absolute Gasteiger partial charge is 0.164 e. The van der Waals surface area contributed by atoms with Crippen molar-refractivity contribution >= 4 is 0 Å². The number of aromatic nitrogens is 6. The monoisotopic (exact) mass is 900 g/mol. The fourth-order valence-electron chi connectivity index (χ4n) is 13.2. The molecule has 2 heterocycles. The molecule has 0 radical (unpaired) electrons. The lowest BCUT2D eigenvalue weighted by Gasteiger charge is -2.61. The third-order valence-corrected chi connectivity index (χ3v) is 16.0. The van der Waals surface area contributed by atoms with Gasteiger partial charge in [0.15, 0.2) is 34.9 Å². The van der Waals surface area contributed by atoms with Crippen LogP contribution in [-0.4, -0.2) is 29.9 Å². The Balaban J connectivity index is 0.863. The maximum atomic E-state index is 5.05. The van der Waals surface area contributed by atoms with E-state index < -0.39 is 0 Å². The second kappa shape index (κ2) is 16.5. The van der Waals surface area contributed by atoms with Gasteiger partial charge in [-0.1, -0.05) is 200 Å². The van der Waals surface area contributed by atoms with Crippen molar-refractivity contribution in [3.63, 3.8) is 0 Å². The number of rotatable bonds is 8. The first kappa shape index (κ1) is 40.8. The van der Waals surface area contributed by atoms with Gasteiger partial charge in [0.2, 0.25) is 0 Å². The Morgan fingerprint density at radius 2 is 0.629 bits per heavy atom. The van der Waals surface area contributed by atoms with Gasteiger partial charge in [-0.05, 0) is 106 Å². The second-order valence-corrected chi connectivity index (χ2v) is 19.9. The molecule has 0 amide bonds. The van der Waals surface area contributed by atoms with Crippen LogP contribution in [0.2, 0.25) is 0 Å². The molecule has 8 aromatic carbocycles. The van der Waals surface area contributed by atoms with E-state index in [1.54, 1.807) is 11.1 Å². The Morgan fingerprint density at radius 3 is 1.04 bits per heavy atom. The van der Waals surface area contributed by atoms with Crippen LogP contribution in [0.5, 0.6) is 0 Å². The van der Waals surface area contributed by atoms with Crippen molar-refractivity contribution < 1.29 is 0 Å². The normalized spacial score (nSPS) is 20.3. The summed E-state index contributed by atoms with van der Waals surface area (Å²) in [5.74, 6) is 7.03. The molecule has 0 saturated heterocycles. The lowest BCUT2D eigenvalue weighted by Crippen LogP contribution is -2.55. The zero-order chi connectivity index (χ0) is 46.2. The molecule has 0 N–H and O–H groups in total. The molecule has 4 bridgehead atoms. The lowest BCUT2D eigenvalue weighted by atomic mass is 9.43. The van der Waals surface area contributed by atoms with E-state index in [9.17, 15) is 0 Å². The van der Waals surface area contributed by atoms with Crippen molar-refractivity contribution in [2.75, 3.05) is 0 Å². The summed E-state index contributed by atoms with van der Waals surface area (Å²) < 4.78 is 0. The molecule has 6 heteroatoms. The van der Waals surface area contributed by atoms with Gasteiger partial charge < -0.3 is 0 Å². The Kier molecular flexibility index (Phi) is 9.61. The highest BCUT2D eigenvalue weighted by molar-refractivity contribution is 5.95. The van der Waals surface area contributed by atoms with Crippen LogP contribution < -0.4 is 0 Å². The first-order valence-electron chi connectivity index (χ1n) is 24.9. The molecule has 5 aliphatic carbocycles. The van der Waals surface area contributed by atoms with E-state index in [-0.39, 0.29) is 5.41 Å². The summed E-state index contributed by atoms with van der Waals surface area (Å²) >= 11 is 0. The standard InChI is InChI=1S/C64H48N6/c1-5-14-44(15-6-1)58-65-59(45-16-7-2-8-17-45)68-62(67-58)48-28-24-42(25-29-48)50-32-33-55-54(39-50)57-53(22-13-23-56(57)64(55)51-35-40-34-41(37-51)38-52(64)36-40)43-26-30-49(31-27-43)63-69-60(46-18-9-3-10-19-46)66-61(70-63)47-20-11-4-12-21-47/h1-33,39-41,51-52H,34-38H2. The molecule has 4 fully saturated rings. The van der Waals surface area contributed by atoms with Crippen molar-refractivity contribution in [3.05, 3.63) is 217 Å². The summed E-state index contributed by atoms with van der Waals surface area (Å²) in [5.41, 5.74) is 16.5. The van der Waals surface area contributed by atoms with Crippen LogP contribution in [0.1, 0.15) is 43.2 Å². The summed E-state index contributed by atoms with van der Waals surface area (Å²) in [7, 11) is 0. The zero-order valence-electron chi connectivity index (χ0n) is 38.7. The minimum Gasteiger partial charge on any atom is -0.208 e. The average molecular weight is 901 g/mol. The van der Waals surface area contributed by atoms with E-state index in [4.69, 9.17) is 29.9 Å². The lowest BCUT2D eigenvalue weighted by molar-refractivity contribution is -0.0399. The van der Waals surface area contributed by atoms with E-state index in [0.29, 0.717) is 46.8 Å². The van der Waals surface area contributed by atoms with E-state index in [1.165, 1.54) is 65.5 Å². The van der Waals surface area contributed by atoms with E-state index >= 15 is 0 Å². The van der Waals surface area contributed by atoms with Gasteiger partial charge in [-0.25, -0.2) is 29.9 Å². The molecule has 334 valence electrons. The maximum absolute atomic E-state index is 5.05. The Morgan fingerprint density at radius 1 is 0.271 bits per heavy atom. The largest absolute Gasteiger partial charge is 0.208 e. The SMILES string of the molecule is c1ccc(-c2nc(-c3ccccc3)nc(-c3ccc(-c4ccc5c(c4)-c4c(-c6ccc(-c7nc(-c8ccccc8)nc(-c8ccccc8)n7)cc6)cccc4C54C5CC6CC(C5)CC4C6)cc3)n2)cc1. The van der Waals surface area contributed by atoms with Crippen molar-refractivity contribution in [3.8, 4) is 102 Å². The van der Waals surface area contributed by atoms with Crippen LogP contribution in [-0.2, 0) is 5.41 Å². The van der Waals surface area contributed by atoms with Gasteiger partial charge >= 0.3 is 0 Å². The minimum atomic E-state index is 0.0363. The summed E-state index contributed by atoms with van der Waals surface area (Å²) in [5, 5.41) is 0. The molecule has 15 rings (SSSR count). The fourth-order valence-corrected chi connectivity index (χ4v) is 13.2. The number of nitrogens with zero attached hydrogens (tertiary/aromatic N) is 6. The summed E-state index contributed by atoms with van der Waals surface area (Å²) in [6.07, 6.45) is 6.78. The number of benzene rings is 8. The average Bonchev–Trinajstić information content (AvgIpc) is 3.73. The molecule has 0 atom stereocenters. The first-order chi connectivity index (χ1) is 34.6. The Bertz CT molecular complexity index is 3430. The van der Waals surface area contributed by atoms with Gasteiger partial charge in [0.1, 0.15) is 0 Å². The van der Waals surface area contributed by atoms with Crippen molar-refractivity contribution in [2.45, 2.75) is 37.5 Å². The van der Waals surface area contributed by atoms with E-state index in [2.05, 4.69) is 133 Å². The maximum Gasteiger partial charge on any atom is 0.164 e. The number of hydrogen-bond acceptors (Lipinski definition) is 6. The molecule has 10 aromatic rings. The van der Waals surface area contributed by atoms with Gasteiger partial charge in [-0.2, -0.15) is 0 Å². The molecular formula is C64H48N6. The van der Waals surface area contributed by atoms with Crippen LogP contribution in [0.15, 0.2) is 206 Å². The van der Waals surface area contributed by atoms with Crippen LogP contribution in [0.3, 0.4) is 0 Å². The highest BCUT2D eigenvalue weighted by atomic mass is 15.0. The predicted octanol–water partition coefficient (Wildman–Crippen LogP) is 15.1. The first-order valence-corrected chi connectivity index (χ1v) is 24.9. The van der Waals surface area contributed by atoms with Gasteiger partial charge in [-0.15, -0.1) is 0 Å². The van der Waals surface area contributed by atoms with Crippen molar-refractivity contribution in [2.24, 2.45) is 23.7 Å². The summed E-state index contributed by atoms with van der Waals surface area (Å²) in [4.78, 5) is 30.0. The topological polar surface area (TPSA) is 77.3 Å². The molecule has 0 unspecified atom stereocenters. The zero-order valence-corrected chi connectivity index (χ0v) is 38.7. The van der Waals surface area contributed by atoms with Crippen LogP contribution >= 0.6 is 0 Å². The van der Waals surface area contributed by atoms with E-state index in [1.807, 2.05) is 72.8 Å². The summed E-state index contributed by atoms with van der Waals surface area (Å²) in [6.45, 7) is 0. The molecule has 70 heavy (non-hydrogen) atoms. The van der Waals surface area contributed by atoms with Gasteiger partial charge in [0.05, 0.1) is 0 Å². The quantitative estimate of drug-likeness (QED) is 0.151. The highest BCUT2D eigenvalue weighted by Crippen LogP contribution is 2.70.